The number of fused-ring (bicyclic) bond motifs is 2. The van der Waals surface area contributed by atoms with Crippen LogP contribution < -0.4 is 15.5 Å². The first-order chi connectivity index (χ1) is 15.2. The number of nitrogens with one attached hydrogen (secondary N) is 2. The Morgan fingerprint density at radius 2 is 1.94 bits per heavy atom. The molecule has 2 heterocycles. The van der Waals surface area contributed by atoms with Gasteiger partial charge in [-0.1, -0.05) is 30.3 Å². The Bertz CT molecular complexity index is 1090. The average molecular weight is 419 g/mol. The smallest absolute Gasteiger partial charge is 0.246 e. The summed E-state index contributed by atoms with van der Waals surface area (Å²) in [4.78, 5) is 23.6. The Morgan fingerprint density at radius 3 is 2.81 bits per heavy atom. The lowest BCUT2D eigenvalue weighted by Gasteiger charge is -2.29. The predicted molar refractivity (Wildman–Crippen MR) is 126 cm³/mol. The van der Waals surface area contributed by atoms with E-state index in [2.05, 4.69) is 37.3 Å². The topological polar surface area (TPSA) is 74.5 Å². The molecule has 0 saturated carbocycles. The zero-order chi connectivity index (χ0) is 21.6. The fourth-order valence-electron chi connectivity index (χ4n) is 4.19. The molecule has 0 bridgehead atoms. The first-order valence-corrected chi connectivity index (χ1v) is 10.9. The molecule has 0 unspecified atom stereocenters. The number of aliphatic imine (C=N–C) groups is 1. The van der Waals surface area contributed by atoms with E-state index in [1.807, 2.05) is 48.2 Å². The Kier molecular flexibility index (Phi) is 6.50. The molecule has 0 saturated heterocycles. The highest BCUT2D eigenvalue weighted by Crippen LogP contribution is 2.26. The van der Waals surface area contributed by atoms with Crippen molar-refractivity contribution in [3.05, 3.63) is 59.9 Å². The van der Waals surface area contributed by atoms with Gasteiger partial charge < -0.3 is 20.1 Å². The molecule has 0 atom stereocenters. The van der Waals surface area contributed by atoms with Gasteiger partial charge in [0.15, 0.2) is 5.96 Å². The number of carbonyl (C=O) groups excluding carboxylic acids is 1. The number of aryl methyl sites for hydroxylation is 3. The maximum absolute atomic E-state index is 12.8. The fraction of sp³-hybridized carbons (Fsp3) is 0.375. The van der Waals surface area contributed by atoms with Gasteiger partial charge in [0, 0.05) is 32.4 Å². The lowest BCUT2D eigenvalue weighted by atomic mass is 10.0. The van der Waals surface area contributed by atoms with Crippen LogP contribution in [-0.2, 0) is 17.8 Å². The second-order valence-corrected chi connectivity index (χ2v) is 7.78. The predicted octanol–water partition coefficient (Wildman–Crippen LogP) is 2.88. The van der Waals surface area contributed by atoms with E-state index in [-0.39, 0.29) is 12.5 Å². The number of hydrogen-bond donors (Lipinski definition) is 2. The van der Waals surface area contributed by atoms with Crippen LogP contribution in [0.5, 0.6) is 0 Å². The number of aromatic nitrogens is 2. The summed E-state index contributed by atoms with van der Waals surface area (Å²) in [5.41, 5.74) is 4.47. The number of imidazole rings is 1. The molecule has 3 aromatic rings. The molecule has 2 N–H and O–H groups in total. The first-order valence-electron chi connectivity index (χ1n) is 10.9. The highest BCUT2D eigenvalue weighted by Gasteiger charge is 2.21. The van der Waals surface area contributed by atoms with E-state index in [1.54, 1.807) is 7.05 Å². The number of amides is 1. The average Bonchev–Trinajstić information content (AvgIpc) is 3.13. The number of para-hydroxylation sites is 3. The quantitative estimate of drug-likeness (QED) is 0.367. The van der Waals surface area contributed by atoms with Crippen LogP contribution in [0.2, 0.25) is 0 Å². The Morgan fingerprint density at radius 1 is 1.13 bits per heavy atom. The maximum atomic E-state index is 12.8. The van der Waals surface area contributed by atoms with Gasteiger partial charge in [0.25, 0.3) is 0 Å². The molecule has 1 aromatic heterocycles. The third kappa shape index (κ3) is 4.71. The summed E-state index contributed by atoms with van der Waals surface area (Å²) < 4.78 is 2.24. The summed E-state index contributed by atoms with van der Waals surface area (Å²) in [6.45, 7) is 4.66. The Labute approximate surface area is 183 Å². The van der Waals surface area contributed by atoms with Crippen molar-refractivity contribution in [2.75, 3.05) is 31.6 Å². The minimum Gasteiger partial charge on any atom is -0.356 e. The monoisotopic (exact) mass is 418 g/mol. The van der Waals surface area contributed by atoms with Gasteiger partial charge in [0.05, 0.1) is 17.6 Å². The largest absolute Gasteiger partial charge is 0.356 e. The molecule has 7 nitrogen and oxygen atoms in total. The molecule has 0 fully saturated rings. The van der Waals surface area contributed by atoms with E-state index in [0.717, 1.165) is 61.4 Å². The molecule has 2 aromatic carbocycles. The number of guanidine groups is 1. The van der Waals surface area contributed by atoms with Crippen molar-refractivity contribution in [1.82, 2.24) is 20.2 Å². The van der Waals surface area contributed by atoms with Crippen LogP contribution in [0.25, 0.3) is 11.0 Å². The SMILES string of the molecule is CN=C(NCCCn1c(C)nc2ccccc21)NCC(=O)N1CCCc2ccccc21. The molecule has 162 valence electrons. The highest BCUT2D eigenvalue weighted by atomic mass is 16.2. The molecule has 0 spiro atoms. The van der Waals surface area contributed by atoms with Gasteiger partial charge in [-0.25, -0.2) is 4.98 Å². The molecule has 1 aliphatic heterocycles. The molecule has 0 radical (unpaired) electrons. The second-order valence-electron chi connectivity index (χ2n) is 7.78. The van der Waals surface area contributed by atoms with Crippen LogP contribution in [0, 0.1) is 6.92 Å². The van der Waals surface area contributed by atoms with Crippen LogP contribution in [0.15, 0.2) is 53.5 Å². The lowest BCUT2D eigenvalue weighted by molar-refractivity contribution is -0.117. The molecule has 1 amide bonds. The van der Waals surface area contributed by atoms with Crippen molar-refractivity contribution in [3.8, 4) is 0 Å². The lowest BCUT2D eigenvalue weighted by Crippen LogP contribution is -2.46. The van der Waals surface area contributed by atoms with E-state index in [4.69, 9.17) is 0 Å². The number of benzene rings is 2. The van der Waals surface area contributed by atoms with Crippen LogP contribution in [0.1, 0.15) is 24.2 Å². The van der Waals surface area contributed by atoms with E-state index in [1.165, 1.54) is 5.56 Å². The van der Waals surface area contributed by atoms with Crippen LogP contribution >= 0.6 is 0 Å². The summed E-state index contributed by atoms with van der Waals surface area (Å²) in [5, 5.41) is 6.47. The van der Waals surface area contributed by atoms with Crippen molar-refractivity contribution in [2.45, 2.75) is 32.7 Å². The molecule has 4 rings (SSSR count). The summed E-state index contributed by atoms with van der Waals surface area (Å²) in [6, 6.07) is 16.4. The summed E-state index contributed by atoms with van der Waals surface area (Å²) in [6.07, 6.45) is 2.95. The third-order valence-corrected chi connectivity index (χ3v) is 5.74. The van der Waals surface area contributed by atoms with E-state index in [9.17, 15) is 4.79 Å². The number of anilines is 1. The van der Waals surface area contributed by atoms with Crippen LogP contribution in [0.4, 0.5) is 5.69 Å². The van der Waals surface area contributed by atoms with Crippen molar-refractivity contribution in [3.63, 3.8) is 0 Å². The minimum atomic E-state index is 0.0654. The van der Waals surface area contributed by atoms with Crippen molar-refractivity contribution in [1.29, 1.82) is 0 Å². The molecular formula is C24H30N6O. The molecule has 31 heavy (non-hydrogen) atoms. The van der Waals surface area contributed by atoms with Crippen molar-refractivity contribution >= 4 is 28.6 Å². The first kappa shape index (κ1) is 20.9. The molecular weight excluding hydrogens is 388 g/mol. The zero-order valence-electron chi connectivity index (χ0n) is 18.3. The molecule has 1 aliphatic rings. The maximum Gasteiger partial charge on any atom is 0.246 e. The van der Waals surface area contributed by atoms with E-state index >= 15 is 0 Å². The summed E-state index contributed by atoms with van der Waals surface area (Å²) in [7, 11) is 1.73. The minimum absolute atomic E-state index is 0.0654. The number of nitrogens with zero attached hydrogens (tertiary/aromatic N) is 4. The Hall–Kier alpha value is -3.35. The van der Waals surface area contributed by atoms with Crippen LogP contribution in [-0.4, -0.2) is 48.1 Å². The molecule has 0 aliphatic carbocycles. The van der Waals surface area contributed by atoms with Gasteiger partial charge in [0.2, 0.25) is 5.91 Å². The van der Waals surface area contributed by atoms with Crippen LogP contribution in [0.3, 0.4) is 0 Å². The standard InChI is InChI=1S/C24H30N6O/c1-18-28-20-11-4-6-13-22(20)29(18)16-8-14-26-24(25-2)27-17-23(31)30-15-7-10-19-9-3-5-12-21(19)30/h3-6,9,11-13H,7-8,10,14-17H2,1-2H3,(H2,25,26,27). The van der Waals surface area contributed by atoms with E-state index < -0.39 is 0 Å². The zero-order valence-corrected chi connectivity index (χ0v) is 18.3. The third-order valence-electron chi connectivity index (χ3n) is 5.74. The van der Waals surface area contributed by atoms with E-state index in [0.29, 0.717) is 5.96 Å². The van der Waals surface area contributed by atoms with Crippen molar-refractivity contribution in [2.24, 2.45) is 4.99 Å². The van der Waals surface area contributed by atoms with Gasteiger partial charge in [-0.2, -0.15) is 0 Å². The number of rotatable bonds is 6. The summed E-state index contributed by atoms with van der Waals surface area (Å²) >= 11 is 0. The number of carbonyl (C=O) groups is 1. The Balaban J connectivity index is 1.26. The molecule has 7 heteroatoms. The second kappa shape index (κ2) is 9.64. The van der Waals surface area contributed by atoms with Gasteiger partial charge in [-0.05, 0) is 49.9 Å². The van der Waals surface area contributed by atoms with Gasteiger partial charge in [0.1, 0.15) is 5.82 Å². The van der Waals surface area contributed by atoms with Gasteiger partial charge in [-0.3, -0.25) is 9.79 Å². The summed E-state index contributed by atoms with van der Waals surface area (Å²) in [5.74, 6) is 1.73. The van der Waals surface area contributed by atoms with Gasteiger partial charge >= 0.3 is 0 Å². The van der Waals surface area contributed by atoms with Gasteiger partial charge in [-0.15, -0.1) is 0 Å². The fourth-order valence-corrected chi connectivity index (χ4v) is 4.19. The number of hydrogen-bond acceptors (Lipinski definition) is 3. The highest BCUT2D eigenvalue weighted by molar-refractivity contribution is 5.98. The van der Waals surface area contributed by atoms with Crippen molar-refractivity contribution < 1.29 is 4.79 Å². The normalized spacial score (nSPS) is 13.9.